The Morgan fingerprint density at radius 3 is 2.40 bits per heavy atom. The van der Waals surface area contributed by atoms with Crippen LogP contribution >= 0.6 is 0 Å². The van der Waals surface area contributed by atoms with E-state index in [1.165, 1.54) is 57.4 Å². The van der Waals surface area contributed by atoms with Crippen molar-refractivity contribution in [3.8, 4) is 0 Å². The molecule has 0 saturated heterocycles. The van der Waals surface area contributed by atoms with Gasteiger partial charge in [0, 0.05) is 5.92 Å². The molecule has 35 heavy (non-hydrogen) atoms. The van der Waals surface area contributed by atoms with Gasteiger partial charge in [-0.2, -0.15) is 0 Å². The summed E-state index contributed by atoms with van der Waals surface area (Å²) in [5, 5.41) is 0. The molecule has 0 amide bonds. The van der Waals surface area contributed by atoms with Crippen molar-refractivity contribution in [1.29, 1.82) is 0 Å². The van der Waals surface area contributed by atoms with E-state index in [1.807, 2.05) is 0 Å². The van der Waals surface area contributed by atoms with Gasteiger partial charge < -0.3 is 0 Å². The molecular formula is C35H36. The molecule has 3 aliphatic rings. The van der Waals surface area contributed by atoms with Gasteiger partial charge in [-0.1, -0.05) is 106 Å². The van der Waals surface area contributed by atoms with Crippen LogP contribution in [0.2, 0.25) is 0 Å². The van der Waals surface area contributed by atoms with Crippen LogP contribution in [0.15, 0.2) is 85.0 Å². The fraction of sp³-hybridized carbons (Fsp3) is 0.314. The van der Waals surface area contributed by atoms with E-state index in [0.29, 0.717) is 5.92 Å². The molecular weight excluding hydrogens is 420 g/mol. The van der Waals surface area contributed by atoms with Gasteiger partial charge in [0.05, 0.1) is 0 Å². The largest absolute Gasteiger partial charge is 0.0761 e. The van der Waals surface area contributed by atoms with Crippen LogP contribution in [0, 0.1) is 5.92 Å². The van der Waals surface area contributed by atoms with Gasteiger partial charge in [-0.25, -0.2) is 0 Å². The summed E-state index contributed by atoms with van der Waals surface area (Å²) in [6.07, 6.45) is 15.6. The molecule has 3 aliphatic carbocycles. The Labute approximate surface area is 211 Å². The minimum absolute atomic E-state index is 0.123. The highest BCUT2D eigenvalue weighted by atomic mass is 14.4. The maximum atomic E-state index is 2.46. The molecule has 1 atom stereocenters. The van der Waals surface area contributed by atoms with Crippen LogP contribution in [-0.2, 0) is 18.3 Å². The molecule has 0 heteroatoms. The second kappa shape index (κ2) is 8.83. The molecule has 0 nitrogen and oxygen atoms in total. The van der Waals surface area contributed by atoms with E-state index in [-0.39, 0.29) is 5.41 Å². The van der Waals surface area contributed by atoms with Crippen LogP contribution in [-0.4, -0.2) is 0 Å². The third-order valence-electron chi connectivity index (χ3n) is 8.08. The number of rotatable bonds is 6. The molecule has 0 radical (unpaired) electrons. The standard InChI is InChI=1S/C35H36/c1-35(2,3)34-23-30(14-13-26(34)10-9-24-7-5-4-6-8-24)28-16-15-27(21-28)29-17-19-33-31(22-29)18-20-32(33)25-11-12-25/h4-8,13-14,16-23,25,32H,9-12,15H2,1-3H3. The van der Waals surface area contributed by atoms with Crippen molar-refractivity contribution in [2.75, 3.05) is 0 Å². The summed E-state index contributed by atoms with van der Waals surface area (Å²) in [4.78, 5) is 0. The average molecular weight is 457 g/mol. The van der Waals surface area contributed by atoms with Gasteiger partial charge in [0.25, 0.3) is 0 Å². The molecule has 0 N–H and O–H groups in total. The zero-order chi connectivity index (χ0) is 24.0. The predicted octanol–water partition coefficient (Wildman–Crippen LogP) is 9.16. The summed E-state index contributed by atoms with van der Waals surface area (Å²) >= 11 is 0. The molecule has 3 aromatic carbocycles. The zero-order valence-corrected chi connectivity index (χ0v) is 21.4. The SMILES string of the molecule is CC(C)(C)c1cc(C2=CCC(c3ccc4c(c3)C=CC4C3CC3)=C2)ccc1CCc1ccccc1. The second-order valence-electron chi connectivity index (χ2n) is 11.7. The maximum Gasteiger partial charge on any atom is 0.00555 e. The summed E-state index contributed by atoms with van der Waals surface area (Å²) in [5.74, 6) is 1.56. The van der Waals surface area contributed by atoms with E-state index in [1.54, 1.807) is 5.56 Å². The van der Waals surface area contributed by atoms with Crippen LogP contribution in [0.25, 0.3) is 17.2 Å². The van der Waals surface area contributed by atoms with Gasteiger partial charge in [0.15, 0.2) is 0 Å². The fourth-order valence-electron chi connectivity index (χ4n) is 5.92. The highest BCUT2D eigenvalue weighted by Crippen LogP contribution is 2.48. The lowest BCUT2D eigenvalue weighted by Gasteiger charge is -2.24. The Morgan fingerprint density at radius 1 is 0.829 bits per heavy atom. The van der Waals surface area contributed by atoms with Crippen molar-refractivity contribution in [2.24, 2.45) is 5.92 Å². The van der Waals surface area contributed by atoms with Crippen molar-refractivity contribution in [1.82, 2.24) is 0 Å². The Kier molecular flexibility index (Phi) is 5.64. The topological polar surface area (TPSA) is 0 Å². The first-order valence-electron chi connectivity index (χ1n) is 13.4. The Bertz CT molecular complexity index is 1340. The van der Waals surface area contributed by atoms with Gasteiger partial charge >= 0.3 is 0 Å². The number of hydrogen-bond donors (Lipinski definition) is 0. The number of fused-ring (bicyclic) bond motifs is 1. The number of hydrogen-bond acceptors (Lipinski definition) is 0. The fourth-order valence-corrected chi connectivity index (χ4v) is 5.92. The maximum absolute atomic E-state index is 2.46. The summed E-state index contributed by atoms with van der Waals surface area (Å²) in [5.41, 5.74) is 13.0. The summed E-state index contributed by atoms with van der Waals surface area (Å²) in [6.45, 7) is 7.03. The Morgan fingerprint density at radius 2 is 1.63 bits per heavy atom. The molecule has 0 heterocycles. The van der Waals surface area contributed by atoms with E-state index in [9.17, 15) is 0 Å². The molecule has 0 aromatic heterocycles. The van der Waals surface area contributed by atoms with E-state index >= 15 is 0 Å². The molecule has 176 valence electrons. The summed E-state index contributed by atoms with van der Waals surface area (Å²) < 4.78 is 0. The van der Waals surface area contributed by atoms with Crippen molar-refractivity contribution in [3.05, 3.63) is 124 Å². The number of benzene rings is 3. The van der Waals surface area contributed by atoms with Crippen LogP contribution in [0.5, 0.6) is 0 Å². The van der Waals surface area contributed by atoms with Gasteiger partial charge in [0.2, 0.25) is 0 Å². The van der Waals surface area contributed by atoms with Crippen molar-refractivity contribution in [2.45, 2.75) is 64.2 Å². The van der Waals surface area contributed by atoms with Crippen LogP contribution < -0.4 is 0 Å². The van der Waals surface area contributed by atoms with E-state index < -0.39 is 0 Å². The molecule has 1 saturated carbocycles. The highest BCUT2D eigenvalue weighted by molar-refractivity contribution is 5.90. The van der Waals surface area contributed by atoms with Crippen molar-refractivity contribution in [3.63, 3.8) is 0 Å². The molecule has 0 spiro atoms. The van der Waals surface area contributed by atoms with Crippen molar-refractivity contribution >= 4 is 17.2 Å². The first-order valence-corrected chi connectivity index (χ1v) is 13.4. The lowest BCUT2D eigenvalue weighted by Crippen LogP contribution is -2.15. The molecule has 6 rings (SSSR count). The lowest BCUT2D eigenvalue weighted by molar-refractivity contribution is 0.581. The lowest BCUT2D eigenvalue weighted by atomic mass is 9.80. The second-order valence-corrected chi connectivity index (χ2v) is 11.7. The summed E-state index contributed by atoms with van der Waals surface area (Å²) in [7, 11) is 0. The molecule has 0 aliphatic heterocycles. The Hall–Kier alpha value is -3.12. The minimum atomic E-state index is 0.123. The van der Waals surface area contributed by atoms with Crippen molar-refractivity contribution < 1.29 is 0 Å². The quantitative estimate of drug-likeness (QED) is 0.347. The zero-order valence-electron chi connectivity index (χ0n) is 21.4. The third-order valence-corrected chi connectivity index (χ3v) is 8.08. The molecule has 3 aromatic rings. The first-order chi connectivity index (χ1) is 17.0. The van der Waals surface area contributed by atoms with E-state index in [4.69, 9.17) is 0 Å². The number of allylic oxidation sites excluding steroid dienone is 5. The van der Waals surface area contributed by atoms with Crippen LogP contribution in [0.1, 0.15) is 84.9 Å². The first kappa shape index (κ1) is 22.4. The molecule has 1 fully saturated rings. The monoisotopic (exact) mass is 456 g/mol. The van der Waals surface area contributed by atoms with Crippen LogP contribution in [0.4, 0.5) is 0 Å². The van der Waals surface area contributed by atoms with Gasteiger partial charge in [0.1, 0.15) is 0 Å². The normalized spacial score (nSPS) is 19.0. The predicted molar refractivity (Wildman–Crippen MR) is 151 cm³/mol. The minimum Gasteiger partial charge on any atom is -0.0761 e. The smallest absolute Gasteiger partial charge is 0.00555 e. The Balaban J connectivity index is 1.24. The molecule has 1 unspecified atom stereocenters. The van der Waals surface area contributed by atoms with E-state index in [2.05, 4.69) is 112 Å². The average Bonchev–Trinajstić information content (AvgIpc) is 3.42. The van der Waals surface area contributed by atoms with Gasteiger partial charge in [-0.05, 0) is 99.6 Å². The summed E-state index contributed by atoms with van der Waals surface area (Å²) in [6, 6.07) is 25.2. The van der Waals surface area contributed by atoms with Gasteiger partial charge in [-0.3, -0.25) is 0 Å². The third kappa shape index (κ3) is 4.59. The molecule has 0 bridgehead atoms. The number of aryl methyl sites for hydroxylation is 2. The van der Waals surface area contributed by atoms with E-state index in [0.717, 1.165) is 25.2 Å². The van der Waals surface area contributed by atoms with Gasteiger partial charge in [-0.15, -0.1) is 0 Å². The van der Waals surface area contributed by atoms with Crippen LogP contribution in [0.3, 0.4) is 0 Å². The highest BCUT2D eigenvalue weighted by Gasteiger charge is 2.33.